The van der Waals surface area contributed by atoms with E-state index in [0.29, 0.717) is 17.7 Å². The lowest BCUT2D eigenvalue weighted by Crippen LogP contribution is -2.47. The number of carbonyl (C=O) groups excluding carboxylic acids is 3. The molecule has 6 nitrogen and oxygen atoms in total. The van der Waals surface area contributed by atoms with Crippen molar-refractivity contribution in [3.05, 3.63) is 66.0 Å². The molecule has 2 amide bonds. The number of rotatable bonds is 9. The van der Waals surface area contributed by atoms with E-state index in [1.165, 1.54) is 24.3 Å². The average molecular weight is 400 g/mol. The van der Waals surface area contributed by atoms with Crippen LogP contribution in [0.15, 0.2) is 54.6 Å². The molecule has 154 valence electrons. The van der Waals surface area contributed by atoms with Crippen molar-refractivity contribution >= 4 is 23.5 Å². The third-order valence-corrected chi connectivity index (χ3v) is 4.20. The highest BCUT2D eigenvalue weighted by atomic mass is 19.1. The Bertz CT molecular complexity index is 822. The Morgan fingerprint density at radius 3 is 2.28 bits per heavy atom. The van der Waals surface area contributed by atoms with Crippen LogP contribution < -0.4 is 10.6 Å². The number of para-hydroxylation sites is 1. The van der Waals surface area contributed by atoms with Crippen LogP contribution in [-0.2, 0) is 9.53 Å². The Morgan fingerprint density at radius 1 is 1.00 bits per heavy atom. The van der Waals surface area contributed by atoms with E-state index in [0.717, 1.165) is 0 Å². The van der Waals surface area contributed by atoms with Crippen LogP contribution in [-0.4, -0.2) is 30.4 Å². The number of urea groups is 1. The fourth-order valence-electron chi connectivity index (χ4n) is 2.60. The highest BCUT2D eigenvalue weighted by Gasteiger charge is 2.25. The predicted molar refractivity (Wildman–Crippen MR) is 108 cm³/mol. The molecule has 0 unspecified atom stereocenters. The van der Waals surface area contributed by atoms with Crippen molar-refractivity contribution in [2.45, 2.75) is 32.7 Å². The van der Waals surface area contributed by atoms with Gasteiger partial charge in [-0.05, 0) is 48.7 Å². The normalized spacial score (nSPS) is 11.6. The maximum absolute atomic E-state index is 12.9. The second-order valence-corrected chi connectivity index (χ2v) is 6.89. The van der Waals surface area contributed by atoms with Crippen molar-refractivity contribution in [2.24, 2.45) is 5.92 Å². The molecule has 2 aromatic carbocycles. The highest BCUT2D eigenvalue weighted by molar-refractivity contribution is 5.96. The summed E-state index contributed by atoms with van der Waals surface area (Å²) in [6.07, 6.45) is 0.510. The number of esters is 1. The monoisotopic (exact) mass is 400 g/mol. The van der Waals surface area contributed by atoms with Crippen LogP contribution in [0.4, 0.5) is 14.9 Å². The number of ketones is 1. The number of anilines is 1. The summed E-state index contributed by atoms with van der Waals surface area (Å²) < 4.78 is 18.1. The van der Waals surface area contributed by atoms with Crippen molar-refractivity contribution in [2.75, 3.05) is 11.9 Å². The molecule has 29 heavy (non-hydrogen) atoms. The summed E-state index contributed by atoms with van der Waals surface area (Å²) >= 11 is 0. The Morgan fingerprint density at radius 2 is 1.66 bits per heavy atom. The summed E-state index contributed by atoms with van der Waals surface area (Å²) in [5.74, 6) is -1.29. The lowest BCUT2D eigenvalue weighted by molar-refractivity contribution is -0.147. The van der Waals surface area contributed by atoms with E-state index in [1.807, 2.05) is 6.07 Å². The van der Waals surface area contributed by atoms with Crippen LogP contribution >= 0.6 is 0 Å². The number of halogens is 1. The van der Waals surface area contributed by atoms with Crippen molar-refractivity contribution < 1.29 is 23.5 Å². The smallest absolute Gasteiger partial charge is 0.328 e. The Labute approximate surface area is 169 Å². The van der Waals surface area contributed by atoms with Crippen LogP contribution in [0.3, 0.4) is 0 Å². The lowest BCUT2D eigenvalue weighted by Gasteiger charge is -2.21. The Hall–Kier alpha value is -3.22. The zero-order valence-corrected chi connectivity index (χ0v) is 16.5. The van der Waals surface area contributed by atoms with Crippen LogP contribution in [0, 0.1) is 11.7 Å². The van der Waals surface area contributed by atoms with Crippen LogP contribution in [0.25, 0.3) is 0 Å². The van der Waals surface area contributed by atoms with Crippen molar-refractivity contribution in [1.29, 1.82) is 0 Å². The second kappa shape index (κ2) is 10.9. The zero-order chi connectivity index (χ0) is 21.2. The molecule has 1 atom stereocenters. The SMILES string of the molecule is CC(C)[C@@H](NC(=O)Nc1ccccc1)C(=O)OCCCC(=O)c1ccc(F)cc1. The van der Waals surface area contributed by atoms with E-state index in [2.05, 4.69) is 10.6 Å². The first-order valence-corrected chi connectivity index (χ1v) is 9.45. The molecule has 2 aromatic rings. The van der Waals surface area contributed by atoms with Gasteiger partial charge in [-0.15, -0.1) is 0 Å². The van der Waals surface area contributed by atoms with Crippen molar-refractivity contribution in [3.8, 4) is 0 Å². The van der Waals surface area contributed by atoms with Gasteiger partial charge in [0.25, 0.3) is 0 Å². The predicted octanol–water partition coefficient (Wildman–Crippen LogP) is 4.18. The minimum absolute atomic E-state index is 0.0526. The van der Waals surface area contributed by atoms with Crippen molar-refractivity contribution in [1.82, 2.24) is 5.32 Å². The number of amides is 2. The largest absolute Gasteiger partial charge is 0.464 e. The summed E-state index contributed by atoms with van der Waals surface area (Å²) in [5.41, 5.74) is 1.03. The van der Waals surface area contributed by atoms with E-state index in [1.54, 1.807) is 38.1 Å². The summed E-state index contributed by atoms with van der Waals surface area (Å²) in [5, 5.41) is 5.28. The van der Waals surface area contributed by atoms with E-state index < -0.39 is 23.9 Å². The first-order chi connectivity index (χ1) is 13.9. The number of carbonyl (C=O) groups is 3. The van der Waals surface area contributed by atoms with Gasteiger partial charge in [-0.2, -0.15) is 0 Å². The average Bonchev–Trinajstić information content (AvgIpc) is 2.70. The van der Waals surface area contributed by atoms with Gasteiger partial charge in [-0.25, -0.2) is 14.0 Å². The molecular weight excluding hydrogens is 375 g/mol. The van der Waals surface area contributed by atoms with Gasteiger partial charge in [0.1, 0.15) is 11.9 Å². The van der Waals surface area contributed by atoms with E-state index in [9.17, 15) is 18.8 Å². The standard InChI is InChI=1S/C22H25FN2O4/c1-15(2)20(25-22(28)24-18-7-4-3-5-8-18)21(27)29-14-6-9-19(26)16-10-12-17(23)13-11-16/h3-5,7-8,10-13,15,20H,6,9,14H2,1-2H3,(H2,24,25,28)/t20-/m1/s1. The number of benzene rings is 2. The summed E-state index contributed by atoms with van der Waals surface area (Å²) in [6, 6.07) is 12.9. The second-order valence-electron chi connectivity index (χ2n) is 6.89. The van der Waals surface area contributed by atoms with Crippen LogP contribution in [0.5, 0.6) is 0 Å². The molecule has 0 radical (unpaired) electrons. The first-order valence-electron chi connectivity index (χ1n) is 9.45. The van der Waals surface area contributed by atoms with Gasteiger partial charge in [-0.3, -0.25) is 4.79 Å². The van der Waals surface area contributed by atoms with Gasteiger partial charge in [0.2, 0.25) is 0 Å². The molecule has 0 heterocycles. The van der Waals surface area contributed by atoms with Gasteiger partial charge in [-0.1, -0.05) is 32.0 Å². The molecule has 0 fully saturated rings. The minimum atomic E-state index is -0.813. The number of ether oxygens (including phenoxy) is 1. The first kappa shape index (κ1) is 22.1. The maximum atomic E-state index is 12.9. The van der Waals surface area contributed by atoms with Gasteiger partial charge in [0.15, 0.2) is 5.78 Å². The van der Waals surface area contributed by atoms with Gasteiger partial charge < -0.3 is 15.4 Å². The summed E-state index contributed by atoms with van der Waals surface area (Å²) in [4.78, 5) is 36.5. The third-order valence-electron chi connectivity index (χ3n) is 4.20. The molecule has 0 spiro atoms. The molecule has 7 heteroatoms. The van der Waals surface area contributed by atoms with E-state index in [-0.39, 0.29) is 24.7 Å². The molecule has 0 aliphatic carbocycles. The van der Waals surface area contributed by atoms with Gasteiger partial charge in [0.05, 0.1) is 6.61 Å². The topological polar surface area (TPSA) is 84.5 Å². The van der Waals surface area contributed by atoms with Crippen LogP contribution in [0.1, 0.15) is 37.0 Å². The molecular formula is C22H25FN2O4. The fourth-order valence-corrected chi connectivity index (χ4v) is 2.60. The molecule has 0 aliphatic rings. The molecule has 0 aliphatic heterocycles. The zero-order valence-electron chi connectivity index (χ0n) is 16.5. The highest BCUT2D eigenvalue weighted by Crippen LogP contribution is 2.10. The fraction of sp³-hybridized carbons (Fsp3) is 0.318. The Balaban J connectivity index is 1.77. The third kappa shape index (κ3) is 7.37. The van der Waals surface area contributed by atoms with Gasteiger partial charge in [0, 0.05) is 17.7 Å². The maximum Gasteiger partial charge on any atom is 0.328 e. The number of hydrogen-bond donors (Lipinski definition) is 2. The van der Waals surface area contributed by atoms with Crippen LogP contribution in [0.2, 0.25) is 0 Å². The lowest BCUT2D eigenvalue weighted by atomic mass is 10.0. The molecule has 0 bridgehead atoms. The molecule has 0 aromatic heterocycles. The molecule has 2 rings (SSSR count). The summed E-state index contributed by atoms with van der Waals surface area (Å²) in [6.45, 7) is 3.65. The quantitative estimate of drug-likeness (QED) is 0.376. The van der Waals surface area contributed by atoms with E-state index in [4.69, 9.17) is 4.74 Å². The number of nitrogens with one attached hydrogen (secondary N) is 2. The summed E-state index contributed by atoms with van der Waals surface area (Å²) in [7, 11) is 0. The minimum Gasteiger partial charge on any atom is -0.464 e. The van der Waals surface area contributed by atoms with Crippen molar-refractivity contribution in [3.63, 3.8) is 0 Å². The molecule has 2 N–H and O–H groups in total. The van der Waals surface area contributed by atoms with E-state index >= 15 is 0 Å². The van der Waals surface area contributed by atoms with Gasteiger partial charge >= 0.3 is 12.0 Å². The molecule has 0 saturated heterocycles. The Kier molecular flexibility index (Phi) is 8.33. The number of Topliss-reactive ketones (excluding diaryl/α,β-unsaturated/α-hetero) is 1. The molecule has 0 saturated carbocycles. The number of hydrogen-bond acceptors (Lipinski definition) is 4.